The predicted molar refractivity (Wildman–Crippen MR) is 76.6 cm³/mol. The number of thioether (sulfide) groups is 1. The zero-order valence-corrected chi connectivity index (χ0v) is 11.7. The Bertz CT molecular complexity index is 608. The zero-order chi connectivity index (χ0) is 14.8. The Morgan fingerprint density at radius 3 is 2.40 bits per heavy atom. The smallest absolute Gasteiger partial charge is 0.398 e. The van der Waals surface area contributed by atoms with Crippen LogP contribution in [0.2, 0.25) is 0 Å². The molecule has 0 saturated heterocycles. The lowest BCUT2D eigenvalue weighted by atomic mass is 10.1. The lowest BCUT2D eigenvalue weighted by Gasteiger charge is -2.11. The van der Waals surface area contributed by atoms with Crippen molar-refractivity contribution in [3.8, 4) is 0 Å². The second kappa shape index (κ2) is 5.79. The van der Waals surface area contributed by atoms with Gasteiger partial charge in [-0.15, -0.1) is 11.8 Å². The molecule has 1 nitrogen and oxygen atoms in total. The SMILES string of the molecule is Cc1ccccc1CSc1ccc(C(F)(F)F)cc1N. The van der Waals surface area contributed by atoms with E-state index >= 15 is 0 Å². The molecule has 20 heavy (non-hydrogen) atoms. The summed E-state index contributed by atoms with van der Waals surface area (Å²) in [5.41, 5.74) is 7.46. The summed E-state index contributed by atoms with van der Waals surface area (Å²) in [6, 6.07) is 11.4. The number of hydrogen-bond acceptors (Lipinski definition) is 2. The van der Waals surface area contributed by atoms with E-state index in [9.17, 15) is 13.2 Å². The van der Waals surface area contributed by atoms with Gasteiger partial charge in [0.25, 0.3) is 0 Å². The summed E-state index contributed by atoms with van der Waals surface area (Å²) in [5, 5.41) is 0. The topological polar surface area (TPSA) is 26.0 Å². The molecule has 0 fully saturated rings. The molecule has 0 heterocycles. The summed E-state index contributed by atoms with van der Waals surface area (Å²) in [4.78, 5) is 0.668. The lowest BCUT2D eigenvalue weighted by Crippen LogP contribution is -2.05. The molecule has 0 aliphatic rings. The van der Waals surface area contributed by atoms with Gasteiger partial charge in [-0.25, -0.2) is 0 Å². The van der Waals surface area contributed by atoms with Crippen LogP contribution in [0, 0.1) is 6.92 Å². The minimum Gasteiger partial charge on any atom is -0.398 e. The summed E-state index contributed by atoms with van der Waals surface area (Å²) in [5.74, 6) is 0.683. The Morgan fingerprint density at radius 2 is 1.80 bits per heavy atom. The summed E-state index contributed by atoms with van der Waals surface area (Å²) in [6.45, 7) is 2.01. The summed E-state index contributed by atoms with van der Waals surface area (Å²) in [6.07, 6.45) is -4.35. The van der Waals surface area contributed by atoms with Gasteiger partial charge in [-0.05, 0) is 36.2 Å². The number of nitrogens with two attached hydrogens (primary N) is 1. The fourth-order valence-electron chi connectivity index (χ4n) is 1.78. The van der Waals surface area contributed by atoms with Gasteiger partial charge in [-0.2, -0.15) is 13.2 Å². The van der Waals surface area contributed by atoms with Crippen LogP contribution in [0.3, 0.4) is 0 Å². The summed E-state index contributed by atoms with van der Waals surface area (Å²) < 4.78 is 37.6. The molecule has 0 aromatic heterocycles. The van der Waals surface area contributed by atoms with E-state index in [0.717, 1.165) is 23.3 Å². The molecule has 0 amide bonds. The van der Waals surface area contributed by atoms with Gasteiger partial charge in [-0.1, -0.05) is 24.3 Å². The molecule has 0 aliphatic carbocycles. The van der Waals surface area contributed by atoms with E-state index in [0.29, 0.717) is 10.6 Å². The van der Waals surface area contributed by atoms with Crippen molar-refractivity contribution in [1.82, 2.24) is 0 Å². The van der Waals surface area contributed by atoms with Crippen LogP contribution < -0.4 is 5.73 Å². The minimum absolute atomic E-state index is 0.165. The Kier molecular flexibility index (Phi) is 4.28. The highest BCUT2D eigenvalue weighted by atomic mass is 32.2. The van der Waals surface area contributed by atoms with Crippen molar-refractivity contribution in [3.05, 3.63) is 59.2 Å². The average Bonchev–Trinajstić information content (AvgIpc) is 2.38. The average molecular weight is 297 g/mol. The van der Waals surface area contributed by atoms with Gasteiger partial charge >= 0.3 is 6.18 Å². The molecule has 2 aromatic rings. The van der Waals surface area contributed by atoms with Crippen molar-refractivity contribution in [2.75, 3.05) is 5.73 Å². The molecular weight excluding hydrogens is 283 g/mol. The number of hydrogen-bond donors (Lipinski definition) is 1. The van der Waals surface area contributed by atoms with Crippen molar-refractivity contribution in [1.29, 1.82) is 0 Å². The van der Waals surface area contributed by atoms with Gasteiger partial charge in [0, 0.05) is 16.3 Å². The van der Waals surface area contributed by atoms with Crippen LogP contribution in [0.5, 0.6) is 0 Å². The van der Waals surface area contributed by atoms with E-state index in [1.807, 2.05) is 31.2 Å². The maximum atomic E-state index is 12.5. The first kappa shape index (κ1) is 14.8. The van der Waals surface area contributed by atoms with Crippen LogP contribution in [0.1, 0.15) is 16.7 Å². The predicted octanol–water partition coefficient (Wildman–Crippen LogP) is 4.89. The van der Waals surface area contributed by atoms with Crippen molar-refractivity contribution < 1.29 is 13.2 Å². The number of halogens is 3. The Morgan fingerprint density at radius 1 is 1.10 bits per heavy atom. The van der Waals surface area contributed by atoms with Crippen LogP contribution >= 0.6 is 11.8 Å². The number of alkyl halides is 3. The van der Waals surface area contributed by atoms with Crippen LogP contribution in [0.15, 0.2) is 47.4 Å². The minimum atomic E-state index is -4.35. The van der Waals surface area contributed by atoms with E-state index in [4.69, 9.17) is 5.73 Å². The molecule has 2 aromatic carbocycles. The maximum Gasteiger partial charge on any atom is 0.416 e. The van der Waals surface area contributed by atoms with Gasteiger partial charge < -0.3 is 5.73 Å². The molecule has 0 atom stereocenters. The maximum absolute atomic E-state index is 12.5. The largest absolute Gasteiger partial charge is 0.416 e. The van der Waals surface area contributed by atoms with Crippen LogP contribution in [0.25, 0.3) is 0 Å². The van der Waals surface area contributed by atoms with Crippen molar-refractivity contribution in [3.63, 3.8) is 0 Å². The molecule has 2 rings (SSSR count). The van der Waals surface area contributed by atoms with Gasteiger partial charge in [0.2, 0.25) is 0 Å². The first-order valence-electron chi connectivity index (χ1n) is 6.02. The molecule has 0 spiro atoms. The van der Waals surface area contributed by atoms with Gasteiger partial charge in [0.05, 0.1) is 5.56 Å². The molecule has 0 bridgehead atoms. The highest BCUT2D eigenvalue weighted by Gasteiger charge is 2.30. The Hall–Kier alpha value is -1.62. The molecular formula is C15H14F3NS. The number of anilines is 1. The highest BCUT2D eigenvalue weighted by molar-refractivity contribution is 7.98. The van der Waals surface area contributed by atoms with E-state index in [1.54, 1.807) is 0 Å². The normalized spacial score (nSPS) is 11.6. The second-order valence-corrected chi connectivity index (χ2v) is 5.48. The fourth-order valence-corrected chi connectivity index (χ4v) is 2.81. The van der Waals surface area contributed by atoms with Crippen molar-refractivity contribution >= 4 is 17.4 Å². The molecule has 106 valence electrons. The molecule has 0 unspecified atom stereocenters. The van der Waals surface area contributed by atoms with Gasteiger partial charge in [0.15, 0.2) is 0 Å². The first-order valence-corrected chi connectivity index (χ1v) is 7.00. The standard InChI is InChI=1S/C15H14F3NS/c1-10-4-2-3-5-11(10)9-20-14-7-6-12(8-13(14)19)15(16,17)18/h2-8H,9,19H2,1H3. The van der Waals surface area contributed by atoms with E-state index in [1.165, 1.54) is 17.8 Å². The number of aryl methyl sites for hydroxylation is 1. The molecule has 0 aliphatic heterocycles. The van der Waals surface area contributed by atoms with Crippen LogP contribution in [-0.2, 0) is 11.9 Å². The van der Waals surface area contributed by atoms with Crippen molar-refractivity contribution in [2.24, 2.45) is 0 Å². The third-order valence-corrected chi connectivity index (χ3v) is 4.12. The third-order valence-electron chi connectivity index (χ3n) is 2.98. The molecule has 0 radical (unpaired) electrons. The lowest BCUT2D eigenvalue weighted by molar-refractivity contribution is -0.137. The van der Waals surface area contributed by atoms with E-state index < -0.39 is 11.7 Å². The fraction of sp³-hybridized carbons (Fsp3) is 0.200. The number of benzene rings is 2. The summed E-state index contributed by atoms with van der Waals surface area (Å²) >= 11 is 1.44. The van der Waals surface area contributed by atoms with Gasteiger partial charge in [-0.3, -0.25) is 0 Å². The molecule has 0 saturated carbocycles. The van der Waals surface area contributed by atoms with Crippen LogP contribution in [0.4, 0.5) is 18.9 Å². The van der Waals surface area contributed by atoms with Crippen molar-refractivity contribution in [2.45, 2.75) is 23.7 Å². The third kappa shape index (κ3) is 3.48. The quantitative estimate of drug-likeness (QED) is 0.645. The van der Waals surface area contributed by atoms with E-state index in [-0.39, 0.29) is 5.69 Å². The Balaban J connectivity index is 2.13. The highest BCUT2D eigenvalue weighted by Crippen LogP contribution is 2.35. The second-order valence-electron chi connectivity index (χ2n) is 4.47. The monoisotopic (exact) mass is 297 g/mol. The first-order chi connectivity index (χ1) is 9.38. The molecule has 5 heteroatoms. The molecule has 2 N–H and O–H groups in total. The number of rotatable bonds is 3. The Labute approximate surface area is 120 Å². The van der Waals surface area contributed by atoms with E-state index in [2.05, 4.69) is 0 Å². The summed E-state index contributed by atoms with van der Waals surface area (Å²) in [7, 11) is 0. The van der Waals surface area contributed by atoms with Crippen LogP contribution in [-0.4, -0.2) is 0 Å². The van der Waals surface area contributed by atoms with Gasteiger partial charge in [0.1, 0.15) is 0 Å². The zero-order valence-electron chi connectivity index (χ0n) is 10.9. The number of nitrogen functional groups attached to an aromatic ring is 1.